The SMILES string of the molecule is C=CCOc1cccc([C@@H]2/C(=C(\O)c3ccc(OCC)cc3)C(=O)C(=O)N2CCCn2ccnc2)c1. The fourth-order valence-corrected chi connectivity index (χ4v) is 4.26. The minimum atomic E-state index is -0.758. The van der Waals surface area contributed by atoms with Crippen LogP contribution in [0.25, 0.3) is 5.76 Å². The van der Waals surface area contributed by atoms with Crippen LogP contribution >= 0.6 is 0 Å². The van der Waals surface area contributed by atoms with Crippen molar-refractivity contribution in [3.8, 4) is 11.5 Å². The first kappa shape index (κ1) is 24.8. The molecule has 8 nitrogen and oxygen atoms in total. The number of aliphatic hydroxyl groups is 1. The maximum Gasteiger partial charge on any atom is 0.295 e. The molecule has 0 radical (unpaired) electrons. The quantitative estimate of drug-likeness (QED) is 0.187. The molecule has 1 aliphatic rings. The van der Waals surface area contributed by atoms with Gasteiger partial charge in [0.2, 0.25) is 0 Å². The van der Waals surface area contributed by atoms with Crippen LogP contribution in [0.15, 0.2) is 85.5 Å². The molecule has 1 aliphatic heterocycles. The van der Waals surface area contributed by atoms with Crippen molar-refractivity contribution in [1.82, 2.24) is 14.5 Å². The molecule has 8 heteroatoms. The Morgan fingerprint density at radius 3 is 2.61 bits per heavy atom. The second-order valence-corrected chi connectivity index (χ2v) is 8.28. The number of benzene rings is 2. The lowest BCUT2D eigenvalue weighted by Crippen LogP contribution is -2.31. The number of Topliss-reactive ketones (excluding diaryl/α,β-unsaturated/α-hetero) is 1. The van der Waals surface area contributed by atoms with E-state index in [-0.39, 0.29) is 11.3 Å². The molecule has 2 aromatic carbocycles. The van der Waals surface area contributed by atoms with Crippen molar-refractivity contribution >= 4 is 17.4 Å². The van der Waals surface area contributed by atoms with E-state index in [0.29, 0.717) is 55.4 Å². The molecule has 0 aliphatic carbocycles. The van der Waals surface area contributed by atoms with Gasteiger partial charge in [-0.1, -0.05) is 24.8 Å². The van der Waals surface area contributed by atoms with E-state index in [0.717, 1.165) is 0 Å². The first-order chi connectivity index (χ1) is 17.5. The maximum absolute atomic E-state index is 13.2. The Hall–Kier alpha value is -4.33. The largest absolute Gasteiger partial charge is 0.507 e. The summed E-state index contributed by atoms with van der Waals surface area (Å²) < 4.78 is 13.1. The fourth-order valence-electron chi connectivity index (χ4n) is 4.26. The summed E-state index contributed by atoms with van der Waals surface area (Å²) in [4.78, 5) is 32.0. The molecule has 1 aromatic heterocycles. The summed E-state index contributed by atoms with van der Waals surface area (Å²) >= 11 is 0. The van der Waals surface area contributed by atoms with Gasteiger partial charge in [-0.25, -0.2) is 4.98 Å². The van der Waals surface area contributed by atoms with Gasteiger partial charge in [0.25, 0.3) is 11.7 Å². The Bertz CT molecular complexity index is 1250. The standard InChI is InChI=1S/C28H29N3O5/c1-3-17-36-23-8-5-7-21(18-23)25-24(26(32)20-9-11-22(12-10-20)35-4-2)27(33)28(34)31(25)15-6-14-30-16-13-29-19-30/h3,5,7-13,16,18-19,25,32H,1,4,6,14-15,17H2,2H3/b26-24+/t25-/m1/s1. The lowest BCUT2D eigenvalue weighted by molar-refractivity contribution is -0.139. The summed E-state index contributed by atoms with van der Waals surface area (Å²) in [7, 11) is 0. The molecule has 186 valence electrons. The zero-order valence-corrected chi connectivity index (χ0v) is 20.2. The average molecular weight is 488 g/mol. The topological polar surface area (TPSA) is 93.9 Å². The van der Waals surface area contributed by atoms with E-state index in [1.807, 2.05) is 23.8 Å². The van der Waals surface area contributed by atoms with Gasteiger partial charge in [0.05, 0.1) is 24.5 Å². The molecule has 0 saturated carbocycles. The van der Waals surface area contributed by atoms with E-state index in [1.165, 1.54) is 4.90 Å². The second kappa shape index (κ2) is 11.4. The second-order valence-electron chi connectivity index (χ2n) is 8.28. The van der Waals surface area contributed by atoms with Crippen LogP contribution in [0, 0.1) is 0 Å². The van der Waals surface area contributed by atoms with Crippen molar-refractivity contribution in [2.24, 2.45) is 0 Å². The number of nitrogens with zero attached hydrogens (tertiary/aromatic N) is 3. The predicted octanol–water partition coefficient (Wildman–Crippen LogP) is 4.36. The number of imidazole rings is 1. The summed E-state index contributed by atoms with van der Waals surface area (Å²) in [5.41, 5.74) is 1.15. The maximum atomic E-state index is 13.2. The molecular weight excluding hydrogens is 458 g/mol. The van der Waals surface area contributed by atoms with Crippen molar-refractivity contribution in [2.75, 3.05) is 19.8 Å². The van der Waals surface area contributed by atoms with Gasteiger partial charge in [0.1, 0.15) is 23.9 Å². The van der Waals surface area contributed by atoms with Crippen molar-refractivity contribution in [3.63, 3.8) is 0 Å². The van der Waals surface area contributed by atoms with E-state index in [9.17, 15) is 14.7 Å². The summed E-state index contributed by atoms with van der Waals surface area (Å²) in [6.45, 7) is 7.35. The molecule has 3 aromatic rings. The number of likely N-dealkylation sites (tertiary alicyclic amines) is 1. The third-order valence-corrected chi connectivity index (χ3v) is 5.89. The van der Waals surface area contributed by atoms with Crippen LogP contribution < -0.4 is 9.47 Å². The van der Waals surface area contributed by atoms with Crippen molar-refractivity contribution in [3.05, 3.63) is 96.6 Å². The summed E-state index contributed by atoms with van der Waals surface area (Å²) in [5.74, 6) is -0.354. The number of amides is 1. The van der Waals surface area contributed by atoms with Crippen LogP contribution in [0.5, 0.6) is 11.5 Å². The summed E-state index contributed by atoms with van der Waals surface area (Å²) in [5, 5.41) is 11.2. The molecule has 1 fully saturated rings. The molecule has 2 heterocycles. The van der Waals surface area contributed by atoms with Crippen LogP contribution in [-0.2, 0) is 16.1 Å². The van der Waals surface area contributed by atoms with Crippen LogP contribution in [0.1, 0.15) is 30.5 Å². The Balaban J connectivity index is 1.72. The molecule has 36 heavy (non-hydrogen) atoms. The molecule has 1 saturated heterocycles. The number of hydrogen-bond donors (Lipinski definition) is 1. The van der Waals surface area contributed by atoms with E-state index in [1.54, 1.807) is 61.1 Å². The first-order valence-electron chi connectivity index (χ1n) is 11.8. The van der Waals surface area contributed by atoms with E-state index >= 15 is 0 Å². The van der Waals surface area contributed by atoms with Gasteiger partial charge in [0.15, 0.2) is 0 Å². The van der Waals surface area contributed by atoms with Crippen LogP contribution in [0.2, 0.25) is 0 Å². The molecule has 0 spiro atoms. The average Bonchev–Trinajstić information content (AvgIpc) is 3.50. The highest BCUT2D eigenvalue weighted by Gasteiger charge is 2.45. The van der Waals surface area contributed by atoms with Gasteiger partial charge in [-0.15, -0.1) is 0 Å². The number of aryl methyl sites for hydroxylation is 1. The zero-order valence-electron chi connectivity index (χ0n) is 20.2. The van der Waals surface area contributed by atoms with E-state index in [4.69, 9.17) is 9.47 Å². The van der Waals surface area contributed by atoms with Gasteiger partial charge >= 0.3 is 0 Å². The summed E-state index contributed by atoms with van der Waals surface area (Å²) in [6, 6.07) is 13.2. The van der Waals surface area contributed by atoms with Crippen LogP contribution in [0.4, 0.5) is 0 Å². The van der Waals surface area contributed by atoms with Gasteiger partial charge in [-0.3, -0.25) is 9.59 Å². The minimum absolute atomic E-state index is 0.0488. The zero-order chi connectivity index (χ0) is 25.5. The minimum Gasteiger partial charge on any atom is -0.507 e. The smallest absolute Gasteiger partial charge is 0.295 e. The summed E-state index contributed by atoms with van der Waals surface area (Å²) in [6.07, 6.45) is 7.49. The molecule has 1 amide bonds. The number of rotatable bonds is 11. The van der Waals surface area contributed by atoms with Crippen LogP contribution in [-0.4, -0.2) is 51.0 Å². The molecule has 1 N–H and O–H groups in total. The number of ketones is 1. The Morgan fingerprint density at radius 1 is 1.11 bits per heavy atom. The van der Waals surface area contributed by atoms with Crippen LogP contribution in [0.3, 0.4) is 0 Å². The highest BCUT2D eigenvalue weighted by atomic mass is 16.5. The number of aliphatic hydroxyl groups excluding tert-OH is 1. The third-order valence-electron chi connectivity index (χ3n) is 5.89. The van der Waals surface area contributed by atoms with Gasteiger partial charge in [0, 0.05) is 31.0 Å². The lowest BCUT2D eigenvalue weighted by Gasteiger charge is -2.25. The number of carbonyl (C=O) groups is 2. The molecule has 0 bridgehead atoms. The van der Waals surface area contributed by atoms with Crippen molar-refractivity contribution in [1.29, 1.82) is 0 Å². The first-order valence-corrected chi connectivity index (χ1v) is 11.8. The molecule has 4 rings (SSSR count). The van der Waals surface area contributed by atoms with E-state index < -0.39 is 17.7 Å². The predicted molar refractivity (Wildman–Crippen MR) is 136 cm³/mol. The molecule has 1 atom stereocenters. The number of aromatic nitrogens is 2. The monoisotopic (exact) mass is 487 g/mol. The third kappa shape index (κ3) is 5.33. The lowest BCUT2D eigenvalue weighted by atomic mass is 9.95. The fraction of sp³-hybridized carbons (Fsp3) is 0.250. The number of carbonyl (C=O) groups excluding carboxylic acids is 2. The number of hydrogen-bond acceptors (Lipinski definition) is 6. The van der Waals surface area contributed by atoms with Gasteiger partial charge in [-0.2, -0.15) is 0 Å². The highest BCUT2D eigenvalue weighted by molar-refractivity contribution is 6.46. The molecular formula is C28H29N3O5. The molecule has 0 unspecified atom stereocenters. The van der Waals surface area contributed by atoms with Crippen molar-refractivity contribution in [2.45, 2.75) is 25.9 Å². The Labute approximate surface area is 210 Å². The normalized spacial score (nSPS) is 16.8. The van der Waals surface area contributed by atoms with E-state index in [2.05, 4.69) is 11.6 Å². The Kier molecular flexibility index (Phi) is 7.85. The number of ether oxygens (including phenoxy) is 2. The van der Waals surface area contributed by atoms with Gasteiger partial charge in [-0.05, 0) is 55.3 Å². The van der Waals surface area contributed by atoms with Gasteiger partial charge < -0.3 is 24.0 Å². The van der Waals surface area contributed by atoms with Crippen molar-refractivity contribution < 1.29 is 24.2 Å². The highest BCUT2D eigenvalue weighted by Crippen LogP contribution is 2.40. The Morgan fingerprint density at radius 2 is 1.92 bits per heavy atom.